The number of hydrogen-bond acceptors (Lipinski definition) is 2. The molecule has 0 saturated heterocycles. The standard InChI is InChI=1S/C11H16N4/c1-4-13-15-11(12)14-10-6-5-8(2)7-9(10)3/h4-7H,1-3H3,(H3,12,14,15). The minimum absolute atomic E-state index is 0.292. The first kappa shape index (κ1) is 11.2. The molecule has 0 aliphatic carbocycles. The van der Waals surface area contributed by atoms with Crippen LogP contribution in [0.5, 0.6) is 0 Å². The Morgan fingerprint density at radius 3 is 2.73 bits per heavy atom. The molecule has 0 radical (unpaired) electrons. The number of aliphatic imine (C=N–C) groups is 1. The molecule has 80 valence electrons. The predicted molar refractivity (Wildman–Crippen MR) is 64.5 cm³/mol. The van der Waals surface area contributed by atoms with Crippen LogP contribution in [-0.4, -0.2) is 12.2 Å². The summed E-state index contributed by atoms with van der Waals surface area (Å²) in [6.07, 6.45) is 1.62. The third kappa shape index (κ3) is 3.42. The number of rotatable bonds is 2. The predicted octanol–water partition coefficient (Wildman–Crippen LogP) is 1.84. The third-order valence-electron chi connectivity index (χ3n) is 1.90. The second-order valence-electron chi connectivity index (χ2n) is 3.29. The van der Waals surface area contributed by atoms with E-state index in [9.17, 15) is 0 Å². The fourth-order valence-corrected chi connectivity index (χ4v) is 1.22. The number of guanidine groups is 1. The van der Waals surface area contributed by atoms with E-state index in [0.717, 1.165) is 11.3 Å². The number of hydrogen-bond donors (Lipinski definition) is 2. The fraction of sp³-hybridized carbons (Fsp3) is 0.273. The van der Waals surface area contributed by atoms with Gasteiger partial charge >= 0.3 is 0 Å². The maximum Gasteiger partial charge on any atom is 0.214 e. The second-order valence-corrected chi connectivity index (χ2v) is 3.29. The van der Waals surface area contributed by atoms with E-state index in [-0.39, 0.29) is 0 Å². The summed E-state index contributed by atoms with van der Waals surface area (Å²) in [5.41, 5.74) is 11.4. The first-order valence-corrected chi connectivity index (χ1v) is 4.78. The van der Waals surface area contributed by atoms with Gasteiger partial charge in [0.1, 0.15) is 0 Å². The highest BCUT2D eigenvalue weighted by Gasteiger charge is 1.97. The molecule has 3 N–H and O–H groups in total. The molecular formula is C11H16N4. The minimum atomic E-state index is 0.292. The summed E-state index contributed by atoms with van der Waals surface area (Å²) in [6.45, 7) is 5.85. The van der Waals surface area contributed by atoms with Gasteiger partial charge in [0.05, 0.1) is 5.69 Å². The first-order chi connectivity index (χ1) is 7.13. The lowest BCUT2D eigenvalue weighted by Gasteiger charge is -2.03. The Kier molecular flexibility index (Phi) is 3.85. The highest BCUT2D eigenvalue weighted by molar-refractivity contribution is 5.81. The molecule has 0 atom stereocenters. The van der Waals surface area contributed by atoms with Gasteiger partial charge in [0.2, 0.25) is 5.96 Å². The van der Waals surface area contributed by atoms with Crippen LogP contribution in [0.15, 0.2) is 28.3 Å². The summed E-state index contributed by atoms with van der Waals surface area (Å²) in [4.78, 5) is 4.21. The van der Waals surface area contributed by atoms with E-state index in [1.165, 1.54) is 5.56 Å². The van der Waals surface area contributed by atoms with Crippen LogP contribution in [-0.2, 0) is 0 Å². The van der Waals surface area contributed by atoms with E-state index in [1.54, 1.807) is 13.1 Å². The van der Waals surface area contributed by atoms with Crippen LogP contribution in [0, 0.1) is 13.8 Å². The van der Waals surface area contributed by atoms with E-state index in [0.29, 0.717) is 5.96 Å². The molecule has 1 aromatic carbocycles. The van der Waals surface area contributed by atoms with Crippen LogP contribution in [0.3, 0.4) is 0 Å². The maximum atomic E-state index is 5.62. The van der Waals surface area contributed by atoms with Crippen molar-refractivity contribution in [1.29, 1.82) is 0 Å². The van der Waals surface area contributed by atoms with Crippen LogP contribution in [0.1, 0.15) is 18.1 Å². The molecule has 0 aliphatic rings. The Bertz CT molecular complexity index is 394. The van der Waals surface area contributed by atoms with Gasteiger partial charge in [0.15, 0.2) is 0 Å². The number of nitrogens with zero attached hydrogens (tertiary/aromatic N) is 2. The lowest BCUT2D eigenvalue weighted by Crippen LogP contribution is -2.26. The van der Waals surface area contributed by atoms with Crippen molar-refractivity contribution in [1.82, 2.24) is 5.43 Å². The lowest BCUT2D eigenvalue weighted by atomic mass is 10.1. The summed E-state index contributed by atoms with van der Waals surface area (Å²) in [5, 5.41) is 3.78. The number of nitrogens with two attached hydrogens (primary N) is 1. The average molecular weight is 204 g/mol. The average Bonchev–Trinajstić information content (AvgIpc) is 2.19. The second kappa shape index (κ2) is 5.14. The van der Waals surface area contributed by atoms with Gasteiger partial charge in [-0.2, -0.15) is 5.10 Å². The molecule has 15 heavy (non-hydrogen) atoms. The molecule has 0 saturated carbocycles. The third-order valence-corrected chi connectivity index (χ3v) is 1.90. The van der Waals surface area contributed by atoms with Gasteiger partial charge in [-0.25, -0.2) is 10.4 Å². The molecule has 0 fully saturated rings. The van der Waals surface area contributed by atoms with Gasteiger partial charge in [-0.05, 0) is 32.4 Å². The Morgan fingerprint density at radius 2 is 2.13 bits per heavy atom. The van der Waals surface area contributed by atoms with Crippen LogP contribution in [0.4, 0.5) is 5.69 Å². The summed E-state index contributed by atoms with van der Waals surface area (Å²) >= 11 is 0. The molecule has 0 amide bonds. The van der Waals surface area contributed by atoms with Gasteiger partial charge in [-0.3, -0.25) is 0 Å². The van der Waals surface area contributed by atoms with Gasteiger partial charge in [0.25, 0.3) is 0 Å². The van der Waals surface area contributed by atoms with Gasteiger partial charge in [-0.1, -0.05) is 17.7 Å². The zero-order valence-corrected chi connectivity index (χ0v) is 9.28. The van der Waals surface area contributed by atoms with Crippen molar-refractivity contribution in [3.05, 3.63) is 29.3 Å². The summed E-state index contributed by atoms with van der Waals surface area (Å²) in [6, 6.07) is 6.01. The van der Waals surface area contributed by atoms with E-state index in [1.807, 2.05) is 26.0 Å². The molecule has 0 aliphatic heterocycles. The molecule has 0 bridgehead atoms. The summed E-state index contributed by atoms with van der Waals surface area (Å²) in [7, 11) is 0. The van der Waals surface area contributed by atoms with Crippen molar-refractivity contribution >= 4 is 17.9 Å². The van der Waals surface area contributed by atoms with Crippen molar-refractivity contribution < 1.29 is 0 Å². The number of nitrogens with one attached hydrogen (secondary N) is 1. The van der Waals surface area contributed by atoms with Gasteiger partial charge < -0.3 is 5.73 Å². The molecule has 4 nitrogen and oxygen atoms in total. The Morgan fingerprint density at radius 1 is 1.40 bits per heavy atom. The topological polar surface area (TPSA) is 62.8 Å². The molecule has 0 heterocycles. The van der Waals surface area contributed by atoms with Gasteiger partial charge in [-0.15, -0.1) is 0 Å². The van der Waals surface area contributed by atoms with Crippen molar-refractivity contribution in [2.75, 3.05) is 0 Å². The SMILES string of the molecule is CC=NNC(N)=Nc1ccc(C)cc1C. The molecular weight excluding hydrogens is 188 g/mol. The monoisotopic (exact) mass is 204 g/mol. The molecule has 1 aromatic rings. The highest BCUT2D eigenvalue weighted by Crippen LogP contribution is 2.18. The summed E-state index contributed by atoms with van der Waals surface area (Å²) in [5.74, 6) is 0.292. The van der Waals surface area contributed by atoms with Gasteiger partial charge in [0, 0.05) is 6.21 Å². The summed E-state index contributed by atoms with van der Waals surface area (Å²) < 4.78 is 0. The minimum Gasteiger partial charge on any atom is -0.368 e. The molecule has 4 heteroatoms. The Labute approximate surface area is 89.9 Å². The molecule has 0 unspecified atom stereocenters. The Hall–Kier alpha value is -1.84. The van der Waals surface area contributed by atoms with Crippen LogP contribution in [0.25, 0.3) is 0 Å². The zero-order chi connectivity index (χ0) is 11.3. The van der Waals surface area contributed by atoms with Crippen LogP contribution >= 0.6 is 0 Å². The van der Waals surface area contributed by atoms with E-state index in [2.05, 4.69) is 21.6 Å². The molecule has 0 spiro atoms. The van der Waals surface area contributed by atoms with Crippen LogP contribution < -0.4 is 11.2 Å². The van der Waals surface area contributed by atoms with E-state index < -0.39 is 0 Å². The molecule has 1 rings (SSSR count). The highest BCUT2D eigenvalue weighted by atomic mass is 15.3. The number of hydrazone groups is 1. The Balaban J connectivity index is 2.88. The first-order valence-electron chi connectivity index (χ1n) is 4.78. The van der Waals surface area contributed by atoms with Crippen molar-refractivity contribution in [2.45, 2.75) is 20.8 Å². The van der Waals surface area contributed by atoms with Crippen molar-refractivity contribution in [3.8, 4) is 0 Å². The maximum absolute atomic E-state index is 5.62. The van der Waals surface area contributed by atoms with E-state index >= 15 is 0 Å². The molecule has 0 aromatic heterocycles. The quantitative estimate of drug-likeness (QED) is 0.438. The fourth-order valence-electron chi connectivity index (χ4n) is 1.22. The van der Waals surface area contributed by atoms with Crippen molar-refractivity contribution in [3.63, 3.8) is 0 Å². The number of benzene rings is 1. The van der Waals surface area contributed by atoms with Crippen LogP contribution in [0.2, 0.25) is 0 Å². The smallest absolute Gasteiger partial charge is 0.214 e. The zero-order valence-electron chi connectivity index (χ0n) is 9.28. The normalized spacial score (nSPS) is 12.1. The van der Waals surface area contributed by atoms with Crippen molar-refractivity contribution in [2.24, 2.45) is 15.8 Å². The van der Waals surface area contributed by atoms with E-state index in [4.69, 9.17) is 5.73 Å². The lowest BCUT2D eigenvalue weighted by molar-refractivity contribution is 1.01. The number of aryl methyl sites for hydroxylation is 2. The largest absolute Gasteiger partial charge is 0.368 e.